The molecule has 3 rings (SSSR count). The number of halogens is 2. The van der Waals surface area contributed by atoms with Crippen molar-refractivity contribution in [1.82, 2.24) is 0 Å². The van der Waals surface area contributed by atoms with Crippen molar-refractivity contribution in [3.63, 3.8) is 0 Å². The second kappa shape index (κ2) is 7.27. The molecule has 0 radical (unpaired) electrons. The Balaban J connectivity index is 1.66. The molecule has 0 aliphatic heterocycles. The van der Waals surface area contributed by atoms with E-state index in [4.69, 9.17) is 4.74 Å². The molecule has 2 fully saturated rings. The van der Waals surface area contributed by atoms with Crippen molar-refractivity contribution in [2.75, 3.05) is 6.23 Å². The molecule has 0 aromatic heterocycles. The van der Waals surface area contributed by atoms with Gasteiger partial charge in [0, 0.05) is 0 Å². The van der Waals surface area contributed by atoms with Gasteiger partial charge in [-0.2, -0.15) is 0 Å². The molecule has 0 heterocycles. The molecule has 0 saturated heterocycles. The topological polar surface area (TPSA) is 9.23 Å². The van der Waals surface area contributed by atoms with Gasteiger partial charge in [-0.3, -0.25) is 0 Å². The summed E-state index contributed by atoms with van der Waals surface area (Å²) < 4.78 is 20.0. The molecule has 1 aromatic carbocycles. The first kappa shape index (κ1) is 15.5. The standard InChI is InChI=1S/C17H24BrFOSi/c18-16-11-13(19)9-10-17(16)20-12-21(14-5-1-2-6-14)15-7-3-4-8-15/h9-11,14-15,21H,1-8,12H2. The first-order valence-electron chi connectivity index (χ1n) is 8.32. The van der Waals surface area contributed by atoms with Crippen LogP contribution in [0.3, 0.4) is 0 Å². The molecule has 2 aliphatic carbocycles. The summed E-state index contributed by atoms with van der Waals surface area (Å²) in [5, 5.41) is 0. The van der Waals surface area contributed by atoms with Crippen LogP contribution >= 0.6 is 15.9 Å². The lowest BCUT2D eigenvalue weighted by atomic mass is 10.3. The van der Waals surface area contributed by atoms with Gasteiger partial charge in [-0.15, -0.1) is 0 Å². The molecule has 0 N–H and O–H groups in total. The van der Waals surface area contributed by atoms with Crippen molar-refractivity contribution in [1.29, 1.82) is 0 Å². The summed E-state index contributed by atoms with van der Waals surface area (Å²) in [6, 6.07) is 4.74. The van der Waals surface area contributed by atoms with Crippen LogP contribution in [0.1, 0.15) is 51.4 Å². The van der Waals surface area contributed by atoms with Crippen LogP contribution in [0, 0.1) is 5.82 Å². The first-order chi connectivity index (χ1) is 10.2. The molecule has 2 aliphatic rings. The third kappa shape index (κ3) is 3.89. The smallest absolute Gasteiger partial charge is 0.133 e. The number of ether oxygens (including phenoxy) is 1. The maximum absolute atomic E-state index is 13.2. The lowest BCUT2D eigenvalue weighted by molar-refractivity contribution is 0.371. The second-order valence-corrected chi connectivity index (χ2v) is 11.0. The van der Waals surface area contributed by atoms with E-state index in [0.717, 1.165) is 27.5 Å². The van der Waals surface area contributed by atoms with Crippen LogP contribution in [0.5, 0.6) is 5.75 Å². The maximum atomic E-state index is 13.2. The Morgan fingerprint density at radius 2 is 1.62 bits per heavy atom. The van der Waals surface area contributed by atoms with Crippen LogP contribution in [0.15, 0.2) is 22.7 Å². The maximum Gasteiger partial charge on any atom is 0.133 e. The molecule has 116 valence electrons. The Labute approximate surface area is 137 Å². The normalized spacial score (nSPS) is 20.5. The highest BCUT2D eigenvalue weighted by atomic mass is 79.9. The molecule has 0 unspecified atom stereocenters. The minimum Gasteiger partial charge on any atom is -0.496 e. The van der Waals surface area contributed by atoms with Crippen LogP contribution < -0.4 is 4.74 Å². The number of hydrogen-bond acceptors (Lipinski definition) is 1. The molecule has 1 aromatic rings. The molecule has 0 bridgehead atoms. The average Bonchev–Trinajstić information content (AvgIpc) is 3.14. The minimum absolute atomic E-state index is 0.213. The predicted octanol–water partition coefficient (Wildman–Crippen LogP) is 5.62. The zero-order valence-electron chi connectivity index (χ0n) is 12.5. The van der Waals surface area contributed by atoms with E-state index < -0.39 is 8.80 Å². The third-order valence-electron chi connectivity index (χ3n) is 5.34. The van der Waals surface area contributed by atoms with Gasteiger partial charge in [0.1, 0.15) is 11.6 Å². The Hall–Kier alpha value is -0.353. The molecular formula is C17H24BrFOSi. The van der Waals surface area contributed by atoms with E-state index in [-0.39, 0.29) is 5.82 Å². The van der Waals surface area contributed by atoms with Crippen LogP contribution in [0.25, 0.3) is 0 Å². The Kier molecular flexibility index (Phi) is 5.38. The van der Waals surface area contributed by atoms with E-state index in [1.54, 1.807) is 6.07 Å². The highest BCUT2D eigenvalue weighted by Crippen LogP contribution is 2.43. The monoisotopic (exact) mass is 370 g/mol. The van der Waals surface area contributed by atoms with Gasteiger partial charge in [-0.05, 0) is 45.2 Å². The van der Waals surface area contributed by atoms with Gasteiger partial charge in [-0.25, -0.2) is 4.39 Å². The lowest BCUT2D eigenvalue weighted by Crippen LogP contribution is -2.32. The summed E-state index contributed by atoms with van der Waals surface area (Å²) in [5.74, 6) is 0.597. The molecule has 0 amide bonds. The van der Waals surface area contributed by atoms with E-state index in [0.29, 0.717) is 0 Å². The molecule has 1 nitrogen and oxygen atoms in total. The van der Waals surface area contributed by atoms with E-state index in [1.165, 1.54) is 63.5 Å². The fraction of sp³-hybridized carbons (Fsp3) is 0.647. The van der Waals surface area contributed by atoms with Gasteiger partial charge in [-0.1, -0.05) is 51.4 Å². The zero-order valence-corrected chi connectivity index (χ0v) is 15.2. The van der Waals surface area contributed by atoms with Gasteiger partial charge in [0.25, 0.3) is 0 Å². The molecular weight excluding hydrogens is 347 g/mol. The Morgan fingerprint density at radius 1 is 1.05 bits per heavy atom. The zero-order chi connectivity index (χ0) is 14.7. The summed E-state index contributed by atoms with van der Waals surface area (Å²) in [4.78, 5) is 0. The fourth-order valence-electron chi connectivity index (χ4n) is 4.21. The van der Waals surface area contributed by atoms with Crippen molar-refractivity contribution < 1.29 is 9.13 Å². The van der Waals surface area contributed by atoms with Gasteiger partial charge in [0.15, 0.2) is 0 Å². The minimum atomic E-state index is -0.878. The summed E-state index contributed by atoms with van der Waals surface area (Å²) in [5.41, 5.74) is 1.96. The quantitative estimate of drug-likeness (QED) is 0.610. The SMILES string of the molecule is Fc1ccc(OC[SiH](C2CCCC2)C2CCCC2)c(Br)c1. The van der Waals surface area contributed by atoms with Crippen LogP contribution in [0.4, 0.5) is 4.39 Å². The fourth-order valence-corrected chi connectivity index (χ4v) is 9.01. The Morgan fingerprint density at radius 3 is 2.14 bits per heavy atom. The van der Waals surface area contributed by atoms with E-state index in [9.17, 15) is 4.39 Å². The molecule has 2 saturated carbocycles. The highest BCUT2D eigenvalue weighted by molar-refractivity contribution is 9.10. The van der Waals surface area contributed by atoms with Gasteiger partial charge in [0.05, 0.1) is 19.5 Å². The van der Waals surface area contributed by atoms with Gasteiger partial charge < -0.3 is 4.74 Å². The average molecular weight is 371 g/mol. The summed E-state index contributed by atoms with van der Waals surface area (Å²) >= 11 is 3.41. The third-order valence-corrected chi connectivity index (χ3v) is 10.3. The molecule has 0 atom stereocenters. The Bertz CT molecular complexity index is 454. The van der Waals surface area contributed by atoms with Crippen LogP contribution in [-0.2, 0) is 0 Å². The van der Waals surface area contributed by atoms with Crippen molar-refractivity contribution in [2.24, 2.45) is 0 Å². The van der Waals surface area contributed by atoms with Crippen molar-refractivity contribution >= 4 is 24.7 Å². The summed E-state index contributed by atoms with van der Waals surface area (Å²) in [6.45, 7) is 0. The second-order valence-electron chi connectivity index (χ2n) is 6.64. The highest BCUT2D eigenvalue weighted by Gasteiger charge is 2.35. The molecule has 4 heteroatoms. The number of hydrogen-bond donors (Lipinski definition) is 0. The number of benzene rings is 1. The van der Waals surface area contributed by atoms with Crippen molar-refractivity contribution in [2.45, 2.75) is 62.4 Å². The summed E-state index contributed by atoms with van der Waals surface area (Å²) in [6.07, 6.45) is 12.3. The molecule has 21 heavy (non-hydrogen) atoms. The van der Waals surface area contributed by atoms with E-state index in [1.807, 2.05) is 0 Å². The summed E-state index contributed by atoms with van der Waals surface area (Å²) in [7, 11) is -0.878. The van der Waals surface area contributed by atoms with E-state index in [2.05, 4.69) is 15.9 Å². The van der Waals surface area contributed by atoms with E-state index >= 15 is 0 Å². The molecule has 0 spiro atoms. The largest absolute Gasteiger partial charge is 0.496 e. The van der Waals surface area contributed by atoms with Crippen molar-refractivity contribution in [3.05, 3.63) is 28.5 Å². The predicted molar refractivity (Wildman–Crippen MR) is 91.2 cm³/mol. The van der Waals surface area contributed by atoms with Gasteiger partial charge >= 0.3 is 0 Å². The lowest BCUT2D eigenvalue weighted by Gasteiger charge is -2.27. The van der Waals surface area contributed by atoms with Gasteiger partial charge in [0.2, 0.25) is 0 Å². The van der Waals surface area contributed by atoms with Crippen LogP contribution in [-0.4, -0.2) is 15.0 Å². The first-order valence-corrected chi connectivity index (χ1v) is 11.3. The van der Waals surface area contributed by atoms with Crippen LogP contribution in [0.2, 0.25) is 11.1 Å². The van der Waals surface area contributed by atoms with Crippen molar-refractivity contribution in [3.8, 4) is 5.75 Å². The number of rotatable bonds is 5.